The van der Waals surface area contributed by atoms with Crippen molar-refractivity contribution in [2.75, 3.05) is 7.11 Å². The molecule has 2 unspecified atom stereocenters. The molecule has 0 saturated heterocycles. The molecular formula is C13H22N2O. The van der Waals surface area contributed by atoms with Gasteiger partial charge in [-0.2, -0.15) is 0 Å². The van der Waals surface area contributed by atoms with E-state index in [1.54, 1.807) is 7.11 Å². The molecule has 0 aliphatic rings. The Morgan fingerprint density at radius 2 is 1.69 bits per heavy atom. The van der Waals surface area contributed by atoms with Crippen LogP contribution >= 0.6 is 0 Å². The fourth-order valence-electron chi connectivity index (χ4n) is 2.05. The molecule has 0 aromatic heterocycles. The minimum Gasteiger partial charge on any atom is -0.496 e. The number of hydrogen-bond donors (Lipinski definition) is 2. The summed E-state index contributed by atoms with van der Waals surface area (Å²) in [5.41, 5.74) is 16.6. The Balaban J connectivity index is 3.36. The fourth-order valence-corrected chi connectivity index (χ4v) is 2.05. The second-order valence-electron chi connectivity index (χ2n) is 4.44. The zero-order valence-electron chi connectivity index (χ0n) is 10.8. The lowest BCUT2D eigenvalue weighted by Gasteiger charge is -2.23. The van der Waals surface area contributed by atoms with Crippen molar-refractivity contribution in [1.29, 1.82) is 0 Å². The summed E-state index contributed by atoms with van der Waals surface area (Å²) in [5, 5.41) is 0. The highest BCUT2D eigenvalue weighted by atomic mass is 16.5. The highest BCUT2D eigenvalue weighted by molar-refractivity contribution is 5.49. The van der Waals surface area contributed by atoms with Crippen LogP contribution in [0.5, 0.6) is 5.75 Å². The molecule has 0 spiro atoms. The van der Waals surface area contributed by atoms with E-state index >= 15 is 0 Å². The molecule has 1 rings (SSSR count). The van der Waals surface area contributed by atoms with Crippen LogP contribution in [0.4, 0.5) is 0 Å². The summed E-state index contributed by atoms with van der Waals surface area (Å²) in [4.78, 5) is 0. The lowest BCUT2D eigenvalue weighted by atomic mass is 9.90. The molecule has 3 nitrogen and oxygen atoms in total. The second kappa shape index (κ2) is 4.85. The smallest absolute Gasteiger partial charge is 0.122 e. The van der Waals surface area contributed by atoms with E-state index in [2.05, 4.69) is 6.92 Å². The number of methoxy groups -OCH3 is 1. The molecule has 16 heavy (non-hydrogen) atoms. The van der Waals surface area contributed by atoms with E-state index in [9.17, 15) is 0 Å². The van der Waals surface area contributed by atoms with Gasteiger partial charge in [0.15, 0.2) is 0 Å². The third-order valence-electron chi connectivity index (χ3n) is 3.23. The molecule has 0 aliphatic carbocycles. The number of nitrogens with two attached hydrogens (primary N) is 2. The van der Waals surface area contributed by atoms with E-state index in [4.69, 9.17) is 16.2 Å². The van der Waals surface area contributed by atoms with E-state index in [1.807, 2.05) is 26.8 Å². The minimum absolute atomic E-state index is 0.0507. The van der Waals surface area contributed by atoms with Gasteiger partial charge in [0.2, 0.25) is 0 Å². The summed E-state index contributed by atoms with van der Waals surface area (Å²) < 4.78 is 5.33. The first kappa shape index (κ1) is 13.0. The van der Waals surface area contributed by atoms with Gasteiger partial charge in [0.25, 0.3) is 0 Å². The maximum Gasteiger partial charge on any atom is 0.122 e. The quantitative estimate of drug-likeness (QED) is 0.822. The molecule has 0 radical (unpaired) electrons. The molecule has 1 aromatic carbocycles. The van der Waals surface area contributed by atoms with Gasteiger partial charge in [-0.1, -0.05) is 0 Å². The predicted octanol–water partition coefficient (Wildman–Crippen LogP) is 1.97. The molecule has 1 aromatic rings. The molecule has 0 heterocycles. The summed E-state index contributed by atoms with van der Waals surface area (Å²) in [7, 11) is 1.69. The molecule has 3 heteroatoms. The van der Waals surface area contributed by atoms with Gasteiger partial charge in [-0.05, 0) is 56.0 Å². The molecule has 0 saturated carbocycles. The van der Waals surface area contributed by atoms with Gasteiger partial charge in [-0.3, -0.25) is 0 Å². The standard InChI is InChI=1S/C13H22N2O/c1-7-6-11(16-5)8(2)9(3)12(7)13(15)10(4)14/h6,10,13H,14-15H2,1-5H3. The van der Waals surface area contributed by atoms with Crippen molar-refractivity contribution >= 4 is 0 Å². The van der Waals surface area contributed by atoms with Crippen LogP contribution in [0.25, 0.3) is 0 Å². The maximum absolute atomic E-state index is 6.13. The third kappa shape index (κ3) is 2.20. The first-order chi connectivity index (χ1) is 7.40. The predicted molar refractivity (Wildman–Crippen MR) is 67.8 cm³/mol. The number of rotatable bonds is 3. The summed E-state index contributed by atoms with van der Waals surface area (Å²) in [5.74, 6) is 0.913. The second-order valence-corrected chi connectivity index (χ2v) is 4.44. The molecule has 4 N–H and O–H groups in total. The topological polar surface area (TPSA) is 61.3 Å². The first-order valence-corrected chi connectivity index (χ1v) is 5.56. The molecule has 0 fully saturated rings. The van der Waals surface area contributed by atoms with E-state index in [1.165, 1.54) is 5.56 Å². The lowest BCUT2D eigenvalue weighted by molar-refractivity contribution is 0.410. The largest absolute Gasteiger partial charge is 0.496 e. The van der Waals surface area contributed by atoms with E-state index < -0.39 is 0 Å². The van der Waals surface area contributed by atoms with Crippen LogP contribution in [0.3, 0.4) is 0 Å². The number of benzene rings is 1. The van der Waals surface area contributed by atoms with Crippen LogP contribution in [-0.4, -0.2) is 13.2 Å². The van der Waals surface area contributed by atoms with Crippen LogP contribution in [0.1, 0.15) is 35.2 Å². The highest BCUT2D eigenvalue weighted by Crippen LogP contribution is 2.31. The number of hydrogen-bond acceptors (Lipinski definition) is 3. The SMILES string of the molecule is COc1cc(C)c(C(N)C(C)N)c(C)c1C. The average Bonchev–Trinajstić information content (AvgIpc) is 2.23. The van der Waals surface area contributed by atoms with Crippen molar-refractivity contribution in [3.8, 4) is 5.75 Å². The summed E-state index contributed by atoms with van der Waals surface area (Å²) in [6.07, 6.45) is 0. The Bertz CT molecular complexity index is 386. The molecule has 0 aliphatic heterocycles. The van der Waals surface area contributed by atoms with Crippen molar-refractivity contribution in [1.82, 2.24) is 0 Å². The van der Waals surface area contributed by atoms with Crippen LogP contribution < -0.4 is 16.2 Å². The van der Waals surface area contributed by atoms with Gasteiger partial charge in [-0.25, -0.2) is 0 Å². The minimum atomic E-state index is -0.121. The van der Waals surface area contributed by atoms with Crippen LogP contribution in [0.15, 0.2) is 6.07 Å². The third-order valence-corrected chi connectivity index (χ3v) is 3.23. The molecule has 0 bridgehead atoms. The summed E-state index contributed by atoms with van der Waals surface area (Å²) in [6.45, 7) is 8.10. The van der Waals surface area contributed by atoms with Crippen molar-refractivity contribution in [3.05, 3.63) is 28.3 Å². The Kier molecular flexibility index (Phi) is 3.94. The average molecular weight is 222 g/mol. The number of aryl methyl sites for hydroxylation is 1. The van der Waals surface area contributed by atoms with E-state index in [0.717, 1.165) is 22.4 Å². The Labute approximate surface area is 97.8 Å². The van der Waals surface area contributed by atoms with Gasteiger partial charge in [0.05, 0.1) is 7.11 Å². The van der Waals surface area contributed by atoms with Crippen LogP contribution in [0.2, 0.25) is 0 Å². The zero-order chi connectivity index (χ0) is 12.5. The maximum atomic E-state index is 6.13. The first-order valence-electron chi connectivity index (χ1n) is 5.56. The van der Waals surface area contributed by atoms with E-state index in [-0.39, 0.29) is 12.1 Å². The zero-order valence-corrected chi connectivity index (χ0v) is 10.8. The van der Waals surface area contributed by atoms with Gasteiger partial charge >= 0.3 is 0 Å². The molecule has 90 valence electrons. The molecule has 0 amide bonds. The van der Waals surface area contributed by atoms with Crippen molar-refractivity contribution < 1.29 is 4.74 Å². The normalized spacial score (nSPS) is 14.7. The van der Waals surface area contributed by atoms with Crippen LogP contribution in [0, 0.1) is 20.8 Å². The summed E-state index contributed by atoms with van der Waals surface area (Å²) >= 11 is 0. The molecular weight excluding hydrogens is 200 g/mol. The Morgan fingerprint density at radius 3 is 2.12 bits per heavy atom. The van der Waals surface area contributed by atoms with Gasteiger partial charge in [-0.15, -0.1) is 0 Å². The van der Waals surface area contributed by atoms with Gasteiger partial charge in [0, 0.05) is 12.1 Å². The number of ether oxygens (including phenoxy) is 1. The van der Waals surface area contributed by atoms with Gasteiger partial charge < -0.3 is 16.2 Å². The molecule has 2 atom stereocenters. The van der Waals surface area contributed by atoms with Gasteiger partial charge in [0.1, 0.15) is 5.75 Å². The van der Waals surface area contributed by atoms with Crippen molar-refractivity contribution in [3.63, 3.8) is 0 Å². The Hall–Kier alpha value is -1.06. The lowest BCUT2D eigenvalue weighted by Crippen LogP contribution is -2.32. The van der Waals surface area contributed by atoms with Crippen LogP contribution in [-0.2, 0) is 0 Å². The fraction of sp³-hybridized carbons (Fsp3) is 0.538. The summed E-state index contributed by atoms with van der Waals surface area (Å²) in [6, 6.07) is 1.86. The van der Waals surface area contributed by atoms with E-state index in [0.29, 0.717) is 0 Å². The monoisotopic (exact) mass is 222 g/mol. The van der Waals surface area contributed by atoms with Crippen molar-refractivity contribution in [2.45, 2.75) is 39.8 Å². The highest BCUT2D eigenvalue weighted by Gasteiger charge is 2.18. The Morgan fingerprint density at radius 1 is 1.12 bits per heavy atom. The van der Waals surface area contributed by atoms with Crippen molar-refractivity contribution in [2.24, 2.45) is 11.5 Å².